The summed E-state index contributed by atoms with van der Waals surface area (Å²) in [5, 5.41) is 11.3. The monoisotopic (exact) mass is 349 g/mol. The van der Waals surface area contributed by atoms with Crippen LogP contribution in [0.5, 0.6) is 0 Å². The van der Waals surface area contributed by atoms with Crippen molar-refractivity contribution in [2.24, 2.45) is 5.92 Å². The molecule has 2 heterocycles. The van der Waals surface area contributed by atoms with Crippen LogP contribution in [0.3, 0.4) is 0 Å². The maximum atomic E-state index is 12.8. The number of hydrogen-bond acceptors (Lipinski definition) is 5. The SMILES string of the molecule is O=C(OCCN1CCCCCC1)[C@](O)(c1ccoc1)C1CCCCC1. The van der Waals surface area contributed by atoms with Gasteiger partial charge in [-0.1, -0.05) is 32.1 Å². The normalized spacial score (nSPS) is 22.9. The topological polar surface area (TPSA) is 62.9 Å². The predicted octanol–water partition coefficient (Wildman–Crippen LogP) is 3.47. The molecule has 0 bridgehead atoms. The molecule has 5 heteroatoms. The summed E-state index contributed by atoms with van der Waals surface area (Å²) in [5.41, 5.74) is -1.05. The molecule has 0 amide bonds. The van der Waals surface area contributed by atoms with Crippen LogP contribution in [0.4, 0.5) is 0 Å². The maximum Gasteiger partial charge on any atom is 0.343 e. The molecule has 5 nitrogen and oxygen atoms in total. The van der Waals surface area contributed by atoms with E-state index in [4.69, 9.17) is 9.15 Å². The van der Waals surface area contributed by atoms with E-state index in [0.29, 0.717) is 12.2 Å². The Labute approximate surface area is 150 Å². The molecule has 0 spiro atoms. The molecule has 0 unspecified atom stereocenters. The molecule has 1 aliphatic heterocycles. The van der Waals surface area contributed by atoms with Gasteiger partial charge in [-0.2, -0.15) is 0 Å². The zero-order valence-corrected chi connectivity index (χ0v) is 15.1. The number of carbonyl (C=O) groups is 1. The lowest BCUT2D eigenvalue weighted by Gasteiger charge is -2.35. The van der Waals surface area contributed by atoms with Gasteiger partial charge >= 0.3 is 5.97 Å². The van der Waals surface area contributed by atoms with Gasteiger partial charge in [-0.15, -0.1) is 0 Å². The molecule has 25 heavy (non-hydrogen) atoms. The Kier molecular flexibility index (Phi) is 6.54. The highest BCUT2D eigenvalue weighted by molar-refractivity contribution is 5.81. The highest BCUT2D eigenvalue weighted by Gasteiger charge is 2.47. The number of nitrogens with zero attached hydrogens (tertiary/aromatic N) is 1. The second-order valence-electron chi connectivity index (χ2n) is 7.51. The van der Waals surface area contributed by atoms with E-state index in [1.807, 2.05) is 0 Å². The summed E-state index contributed by atoms with van der Waals surface area (Å²) < 4.78 is 10.7. The molecular weight excluding hydrogens is 318 g/mol. The van der Waals surface area contributed by atoms with E-state index >= 15 is 0 Å². The quantitative estimate of drug-likeness (QED) is 0.797. The fourth-order valence-electron chi connectivity index (χ4n) is 4.26. The number of ether oxygens (including phenoxy) is 1. The van der Waals surface area contributed by atoms with E-state index in [1.165, 1.54) is 44.6 Å². The lowest BCUT2D eigenvalue weighted by atomic mass is 9.74. The Balaban J connectivity index is 1.61. The van der Waals surface area contributed by atoms with Gasteiger partial charge < -0.3 is 14.3 Å². The van der Waals surface area contributed by atoms with Crippen molar-refractivity contribution < 1.29 is 19.1 Å². The Bertz CT molecular complexity index is 516. The minimum Gasteiger partial charge on any atom is -0.472 e. The molecule has 1 saturated heterocycles. The summed E-state index contributed by atoms with van der Waals surface area (Å²) in [6.07, 6.45) is 13.0. The molecule has 0 radical (unpaired) electrons. The third-order valence-corrected chi connectivity index (χ3v) is 5.81. The maximum absolute atomic E-state index is 12.8. The molecule has 1 N–H and O–H groups in total. The van der Waals surface area contributed by atoms with E-state index in [9.17, 15) is 9.90 Å². The van der Waals surface area contributed by atoms with Crippen LogP contribution in [0.15, 0.2) is 23.0 Å². The van der Waals surface area contributed by atoms with Crippen molar-refractivity contribution in [2.45, 2.75) is 63.4 Å². The number of esters is 1. The molecule has 2 fully saturated rings. The third-order valence-electron chi connectivity index (χ3n) is 5.81. The van der Waals surface area contributed by atoms with Crippen molar-refractivity contribution >= 4 is 5.97 Å². The van der Waals surface area contributed by atoms with Crippen LogP contribution in [0, 0.1) is 5.92 Å². The zero-order chi connectivity index (χ0) is 17.5. The fraction of sp³-hybridized carbons (Fsp3) is 0.750. The van der Waals surface area contributed by atoms with Gasteiger partial charge in [0.25, 0.3) is 0 Å². The molecule has 1 atom stereocenters. The number of aliphatic hydroxyl groups is 1. The molecule has 3 rings (SSSR count). The summed E-state index contributed by atoms with van der Waals surface area (Å²) in [4.78, 5) is 15.2. The number of furan rings is 1. The van der Waals surface area contributed by atoms with Crippen molar-refractivity contribution in [3.63, 3.8) is 0 Å². The summed E-state index contributed by atoms with van der Waals surface area (Å²) in [5.74, 6) is -0.611. The third kappa shape index (κ3) is 4.45. The molecule has 140 valence electrons. The van der Waals surface area contributed by atoms with Gasteiger partial charge in [0.05, 0.1) is 12.5 Å². The highest BCUT2D eigenvalue weighted by Crippen LogP contribution is 2.40. The Morgan fingerprint density at radius 2 is 1.84 bits per heavy atom. The van der Waals surface area contributed by atoms with Crippen LogP contribution in [0.1, 0.15) is 63.4 Å². The van der Waals surface area contributed by atoms with Gasteiger partial charge in [0.1, 0.15) is 6.61 Å². The fourth-order valence-corrected chi connectivity index (χ4v) is 4.26. The minimum absolute atomic E-state index is 0.0930. The number of likely N-dealkylation sites (tertiary alicyclic amines) is 1. The summed E-state index contributed by atoms with van der Waals surface area (Å²) >= 11 is 0. The summed E-state index contributed by atoms with van der Waals surface area (Å²) in [7, 11) is 0. The van der Waals surface area contributed by atoms with E-state index in [0.717, 1.165) is 45.3 Å². The first kappa shape index (κ1) is 18.5. The van der Waals surface area contributed by atoms with E-state index < -0.39 is 11.6 Å². The number of hydrogen-bond donors (Lipinski definition) is 1. The second-order valence-corrected chi connectivity index (χ2v) is 7.51. The van der Waals surface area contributed by atoms with Crippen LogP contribution in [-0.4, -0.2) is 42.2 Å². The van der Waals surface area contributed by atoms with E-state index in [2.05, 4.69) is 4.90 Å². The van der Waals surface area contributed by atoms with Crippen molar-refractivity contribution in [3.8, 4) is 0 Å². The van der Waals surface area contributed by atoms with Crippen LogP contribution in [0.25, 0.3) is 0 Å². The Morgan fingerprint density at radius 1 is 1.16 bits per heavy atom. The van der Waals surface area contributed by atoms with Crippen LogP contribution >= 0.6 is 0 Å². The van der Waals surface area contributed by atoms with Gasteiger partial charge in [-0.3, -0.25) is 4.90 Å². The van der Waals surface area contributed by atoms with Gasteiger partial charge in [-0.25, -0.2) is 4.79 Å². The highest BCUT2D eigenvalue weighted by atomic mass is 16.5. The molecule has 1 aliphatic carbocycles. The average molecular weight is 349 g/mol. The molecule has 1 aromatic heterocycles. The summed E-state index contributed by atoms with van der Waals surface area (Å²) in [6, 6.07) is 1.69. The Morgan fingerprint density at radius 3 is 2.48 bits per heavy atom. The van der Waals surface area contributed by atoms with E-state index in [1.54, 1.807) is 6.07 Å². The van der Waals surface area contributed by atoms with Crippen LogP contribution in [0.2, 0.25) is 0 Å². The van der Waals surface area contributed by atoms with Crippen molar-refractivity contribution in [2.75, 3.05) is 26.2 Å². The number of rotatable bonds is 6. The molecule has 1 saturated carbocycles. The van der Waals surface area contributed by atoms with Crippen molar-refractivity contribution in [1.29, 1.82) is 0 Å². The van der Waals surface area contributed by atoms with Gasteiger partial charge in [0, 0.05) is 18.0 Å². The minimum atomic E-state index is -1.58. The molecule has 2 aliphatic rings. The van der Waals surface area contributed by atoms with Crippen molar-refractivity contribution in [3.05, 3.63) is 24.2 Å². The summed E-state index contributed by atoms with van der Waals surface area (Å²) in [6.45, 7) is 3.24. The average Bonchev–Trinajstić information content (AvgIpc) is 3.07. The van der Waals surface area contributed by atoms with Gasteiger partial charge in [0.2, 0.25) is 0 Å². The van der Waals surface area contributed by atoms with Gasteiger partial charge in [0.15, 0.2) is 5.60 Å². The number of carbonyl (C=O) groups excluding carboxylic acids is 1. The van der Waals surface area contributed by atoms with E-state index in [-0.39, 0.29) is 5.92 Å². The second kappa shape index (κ2) is 8.86. The van der Waals surface area contributed by atoms with Crippen molar-refractivity contribution in [1.82, 2.24) is 4.90 Å². The predicted molar refractivity (Wildman–Crippen MR) is 95.0 cm³/mol. The van der Waals surface area contributed by atoms with Gasteiger partial charge in [-0.05, 0) is 44.8 Å². The lowest BCUT2D eigenvalue weighted by Crippen LogP contribution is -2.45. The molecule has 1 aromatic rings. The first-order valence-corrected chi connectivity index (χ1v) is 9.86. The standard InChI is InChI=1S/C20H31NO4/c22-19(25-15-13-21-11-6-1-2-7-12-21)20(23,18-10-14-24-16-18)17-8-4-3-5-9-17/h10,14,16-17,23H,1-9,11-13,15H2/t20-/m1/s1. The molecule has 0 aromatic carbocycles. The largest absolute Gasteiger partial charge is 0.472 e. The lowest BCUT2D eigenvalue weighted by molar-refractivity contribution is -0.176. The first-order valence-electron chi connectivity index (χ1n) is 9.86. The smallest absolute Gasteiger partial charge is 0.343 e. The first-order chi connectivity index (χ1) is 12.2. The molecular formula is C20H31NO4. The zero-order valence-electron chi connectivity index (χ0n) is 15.1. The van der Waals surface area contributed by atoms with Crippen LogP contribution < -0.4 is 0 Å². The van der Waals surface area contributed by atoms with Crippen LogP contribution in [-0.2, 0) is 15.1 Å². The Hall–Kier alpha value is -1.33.